The Labute approximate surface area is 204 Å². The van der Waals surface area contributed by atoms with E-state index in [-0.39, 0.29) is 13.1 Å². The number of benzene rings is 2. The van der Waals surface area contributed by atoms with E-state index < -0.39 is 35.4 Å². The quantitative estimate of drug-likeness (QED) is 0.428. The number of imide groups is 2. The molecule has 2 aliphatic heterocycles. The van der Waals surface area contributed by atoms with Crippen LogP contribution >= 0.6 is 0 Å². The number of hydrogen-bond acceptors (Lipinski definition) is 8. The summed E-state index contributed by atoms with van der Waals surface area (Å²) in [4.78, 5) is 71.9. The van der Waals surface area contributed by atoms with Crippen LogP contribution in [0.15, 0.2) is 83.1 Å². The maximum Gasteiger partial charge on any atom is 0.254 e. The Balaban J connectivity index is 1.26. The molecule has 0 saturated heterocycles. The number of azo groups is 1. The van der Waals surface area contributed by atoms with Crippen molar-refractivity contribution >= 4 is 58.2 Å². The van der Waals surface area contributed by atoms with Crippen molar-refractivity contribution in [1.82, 2.24) is 9.80 Å². The van der Waals surface area contributed by atoms with Crippen molar-refractivity contribution < 1.29 is 28.8 Å². The standard InChI is InChI=1S/C24H18N6O6/c31-19(13-29-21(33)9-10-22(29)34)25-15-1-5-17(6-2-15)27-28-18-7-3-16(4-8-18)26-20(32)14-30-23(35)11-12-24(30)36/h1-12H,13-14H2,(H,25,31)(H,26,32). The maximum absolute atomic E-state index is 12.1. The number of nitrogens with zero attached hydrogens (tertiary/aromatic N) is 4. The Morgan fingerprint density at radius 1 is 0.556 bits per heavy atom. The van der Waals surface area contributed by atoms with Gasteiger partial charge >= 0.3 is 0 Å². The summed E-state index contributed by atoms with van der Waals surface area (Å²) in [5.41, 5.74) is 1.93. The summed E-state index contributed by atoms with van der Waals surface area (Å²) in [5.74, 6) is -3.17. The van der Waals surface area contributed by atoms with Gasteiger partial charge in [-0.2, -0.15) is 10.2 Å². The van der Waals surface area contributed by atoms with Gasteiger partial charge in [-0.05, 0) is 48.5 Å². The average Bonchev–Trinajstić information content (AvgIpc) is 3.34. The van der Waals surface area contributed by atoms with Crippen molar-refractivity contribution in [2.75, 3.05) is 23.7 Å². The molecule has 12 heteroatoms. The zero-order valence-corrected chi connectivity index (χ0v) is 18.6. The molecule has 0 unspecified atom stereocenters. The van der Waals surface area contributed by atoms with E-state index in [9.17, 15) is 28.8 Å². The fourth-order valence-corrected chi connectivity index (χ4v) is 3.20. The van der Waals surface area contributed by atoms with E-state index in [0.717, 1.165) is 34.1 Å². The minimum atomic E-state index is -0.533. The van der Waals surface area contributed by atoms with Gasteiger partial charge in [-0.3, -0.25) is 38.6 Å². The molecule has 2 aliphatic rings. The molecule has 6 amide bonds. The van der Waals surface area contributed by atoms with E-state index in [1.165, 1.54) is 0 Å². The summed E-state index contributed by atoms with van der Waals surface area (Å²) in [7, 11) is 0. The minimum Gasteiger partial charge on any atom is -0.325 e. The van der Waals surface area contributed by atoms with Gasteiger partial charge in [-0.1, -0.05) is 0 Å². The molecule has 0 fully saturated rings. The number of carbonyl (C=O) groups is 6. The fraction of sp³-hybridized carbons (Fsp3) is 0.0833. The van der Waals surface area contributed by atoms with Crippen LogP contribution in [0.25, 0.3) is 0 Å². The number of nitrogens with one attached hydrogen (secondary N) is 2. The van der Waals surface area contributed by atoms with Gasteiger partial charge in [0.2, 0.25) is 11.8 Å². The number of hydrogen-bond donors (Lipinski definition) is 2. The maximum atomic E-state index is 12.1. The molecule has 12 nitrogen and oxygen atoms in total. The Hall–Kier alpha value is -5.26. The third kappa shape index (κ3) is 5.80. The fourth-order valence-electron chi connectivity index (χ4n) is 3.20. The number of carbonyl (C=O) groups excluding carboxylic acids is 6. The second-order valence-electron chi connectivity index (χ2n) is 7.58. The van der Waals surface area contributed by atoms with Crippen LogP contribution in [-0.2, 0) is 28.8 Å². The minimum absolute atomic E-state index is 0.381. The Morgan fingerprint density at radius 3 is 1.17 bits per heavy atom. The first-order valence-electron chi connectivity index (χ1n) is 10.6. The topological polar surface area (TPSA) is 158 Å². The molecule has 180 valence electrons. The lowest BCUT2D eigenvalue weighted by Gasteiger charge is -2.13. The molecule has 36 heavy (non-hydrogen) atoms. The van der Waals surface area contributed by atoms with Gasteiger partial charge in [-0.25, -0.2) is 0 Å². The molecule has 0 radical (unpaired) electrons. The molecule has 0 aliphatic carbocycles. The zero-order chi connectivity index (χ0) is 25.7. The number of amides is 6. The van der Waals surface area contributed by atoms with Crippen LogP contribution in [0.5, 0.6) is 0 Å². The van der Waals surface area contributed by atoms with Crippen LogP contribution in [0, 0.1) is 0 Å². The van der Waals surface area contributed by atoms with E-state index in [1.54, 1.807) is 48.5 Å². The van der Waals surface area contributed by atoms with Crippen molar-refractivity contribution in [2.24, 2.45) is 10.2 Å². The summed E-state index contributed by atoms with van der Waals surface area (Å²) >= 11 is 0. The first kappa shape index (κ1) is 23.9. The van der Waals surface area contributed by atoms with Crippen molar-refractivity contribution in [3.63, 3.8) is 0 Å². The molecule has 2 aromatic rings. The van der Waals surface area contributed by atoms with Crippen LogP contribution in [0.2, 0.25) is 0 Å². The Kier molecular flexibility index (Phi) is 6.86. The zero-order valence-electron chi connectivity index (χ0n) is 18.6. The molecule has 2 N–H and O–H groups in total. The summed E-state index contributed by atoms with van der Waals surface area (Å²) in [6.07, 6.45) is 4.44. The van der Waals surface area contributed by atoms with Gasteiger partial charge in [0, 0.05) is 35.7 Å². The first-order valence-corrected chi connectivity index (χ1v) is 10.6. The molecular formula is C24H18N6O6. The smallest absolute Gasteiger partial charge is 0.254 e. The van der Waals surface area contributed by atoms with Gasteiger partial charge in [-0.15, -0.1) is 0 Å². The molecule has 0 spiro atoms. The lowest BCUT2D eigenvalue weighted by molar-refractivity contribution is -0.140. The van der Waals surface area contributed by atoms with Gasteiger partial charge in [0.05, 0.1) is 11.4 Å². The average molecular weight is 486 g/mol. The normalized spacial score (nSPS) is 14.9. The molecule has 0 saturated carbocycles. The van der Waals surface area contributed by atoms with E-state index in [2.05, 4.69) is 20.9 Å². The van der Waals surface area contributed by atoms with Crippen LogP contribution in [-0.4, -0.2) is 58.3 Å². The van der Waals surface area contributed by atoms with Gasteiger partial charge < -0.3 is 10.6 Å². The van der Waals surface area contributed by atoms with Crippen LogP contribution in [0.4, 0.5) is 22.7 Å². The van der Waals surface area contributed by atoms with E-state index in [1.807, 2.05) is 0 Å². The highest BCUT2D eigenvalue weighted by molar-refractivity contribution is 6.15. The lowest BCUT2D eigenvalue weighted by atomic mass is 10.2. The second-order valence-corrected chi connectivity index (χ2v) is 7.58. The second kappa shape index (κ2) is 10.3. The largest absolute Gasteiger partial charge is 0.325 e. The van der Waals surface area contributed by atoms with Crippen molar-refractivity contribution in [1.29, 1.82) is 0 Å². The molecule has 0 atom stereocenters. The molecule has 2 aromatic carbocycles. The molecule has 2 heterocycles. The predicted octanol–water partition coefficient (Wildman–Crippen LogP) is 1.83. The van der Waals surface area contributed by atoms with Crippen molar-refractivity contribution in [3.05, 3.63) is 72.8 Å². The summed E-state index contributed by atoms with van der Waals surface area (Å²) < 4.78 is 0. The SMILES string of the molecule is O=C(CN1C(=O)C=CC1=O)Nc1ccc(N=Nc2ccc(NC(=O)CN3C(=O)C=CC3=O)cc2)cc1. The number of rotatable bonds is 8. The first-order chi connectivity index (χ1) is 17.3. The highest BCUT2D eigenvalue weighted by atomic mass is 16.2. The lowest BCUT2D eigenvalue weighted by Crippen LogP contribution is -2.37. The highest BCUT2D eigenvalue weighted by Crippen LogP contribution is 2.22. The van der Waals surface area contributed by atoms with Crippen LogP contribution in [0.3, 0.4) is 0 Å². The Bertz CT molecular complexity index is 1200. The monoisotopic (exact) mass is 486 g/mol. The predicted molar refractivity (Wildman–Crippen MR) is 126 cm³/mol. The highest BCUT2D eigenvalue weighted by Gasteiger charge is 2.26. The van der Waals surface area contributed by atoms with Gasteiger partial charge in [0.25, 0.3) is 23.6 Å². The van der Waals surface area contributed by atoms with Gasteiger partial charge in [0.15, 0.2) is 0 Å². The van der Waals surface area contributed by atoms with Crippen LogP contribution in [0.1, 0.15) is 0 Å². The van der Waals surface area contributed by atoms with E-state index >= 15 is 0 Å². The summed E-state index contributed by atoms with van der Waals surface area (Å²) in [6.45, 7) is -0.761. The van der Waals surface area contributed by atoms with Crippen molar-refractivity contribution in [2.45, 2.75) is 0 Å². The molecule has 0 aromatic heterocycles. The van der Waals surface area contributed by atoms with Crippen molar-refractivity contribution in [3.8, 4) is 0 Å². The number of anilines is 2. The molecular weight excluding hydrogens is 468 g/mol. The van der Waals surface area contributed by atoms with E-state index in [4.69, 9.17) is 0 Å². The van der Waals surface area contributed by atoms with E-state index in [0.29, 0.717) is 22.7 Å². The summed E-state index contributed by atoms with van der Waals surface area (Å²) in [5, 5.41) is 13.4. The third-order valence-electron chi connectivity index (χ3n) is 4.99. The van der Waals surface area contributed by atoms with Gasteiger partial charge in [0.1, 0.15) is 13.1 Å². The molecule has 0 bridgehead atoms. The Morgan fingerprint density at radius 2 is 0.861 bits per heavy atom. The molecule has 4 rings (SSSR count). The van der Waals surface area contributed by atoms with Crippen LogP contribution < -0.4 is 10.6 Å². The third-order valence-corrected chi connectivity index (χ3v) is 4.99. The summed E-state index contributed by atoms with van der Waals surface area (Å²) in [6, 6.07) is 12.9.